The molecule has 0 aromatic heterocycles. The lowest BCUT2D eigenvalue weighted by molar-refractivity contribution is 0.101. The van der Waals surface area contributed by atoms with Crippen molar-refractivity contribution in [2.24, 2.45) is 0 Å². The molecule has 6 aromatic carbocycles. The summed E-state index contributed by atoms with van der Waals surface area (Å²) in [6.07, 6.45) is 4.51. The van der Waals surface area contributed by atoms with Gasteiger partial charge in [0.2, 0.25) is 0 Å². The molecule has 440 valence electrons. The minimum Gasteiger partial charge on any atom is -0.383 e. The average Bonchev–Trinajstić information content (AvgIpc) is 4.18. The quantitative estimate of drug-likeness (QED) is 0.0744. The van der Waals surface area contributed by atoms with Crippen molar-refractivity contribution in [2.45, 2.75) is 205 Å². The highest BCUT2D eigenvalue weighted by molar-refractivity contribution is 8.00. The standard InChI is InChI=1S/C12H17ClS.C12H16FN.C12H18FN.C11H13ClO.C11H15ClS.C10H13ClS/c1-8(2)12-10(13)6-5-7-11(12)14-9(3)4;1-8(2)12-10(13)4-3-5-11(12)14-9-6-7-9;1-8(2)12-10(13)6-5-7-11(12)14-9(3)4;1-7(2)10-6-9(8(3)13)4-5-11(10)12;1-4-13-10-7-5-6-9(12)11(10)8(2)3;1-7(2)10-8(11)5-4-6-9(10)12-3/h5-9H,1-4H3;3-5,8-9,14H,6-7H2,1-2H3;5-9,14H,1-4H3;4-7H,1-3H3;5-8H,4H2,1-3H3;4-7H,1-3H3. The van der Waals surface area contributed by atoms with Crippen molar-refractivity contribution in [3.05, 3.63) is 180 Å². The summed E-state index contributed by atoms with van der Waals surface area (Å²) in [5.74, 6) is 3.26. The first-order valence-electron chi connectivity index (χ1n) is 28.2. The molecule has 0 amide bonds. The normalized spacial score (nSPS) is 11.8. The van der Waals surface area contributed by atoms with E-state index in [1.165, 1.54) is 56.4 Å². The number of Topliss-reactive ketones (excluding diaryl/α,β-unsaturated/α-hetero) is 1. The smallest absolute Gasteiger partial charge is 0.159 e. The SMILES string of the molecule is CC(=O)c1ccc(Cl)c(C(C)C)c1.CC(C)Nc1cccc(F)c1C(C)C.CC(C)Sc1cccc(Cl)c1C(C)C.CC(C)c1c(F)cccc1NC1CC1.CCSc1cccc(Cl)c1C(C)C.CSc1cccc(Cl)c1C(C)C. The number of rotatable bonds is 16. The summed E-state index contributed by atoms with van der Waals surface area (Å²) in [6.45, 7) is 37.5. The molecule has 1 aliphatic carbocycles. The lowest BCUT2D eigenvalue weighted by Gasteiger charge is -2.17. The number of halogens is 6. The van der Waals surface area contributed by atoms with Crippen LogP contribution in [-0.4, -0.2) is 35.1 Å². The van der Waals surface area contributed by atoms with Crippen LogP contribution < -0.4 is 10.6 Å². The van der Waals surface area contributed by atoms with Crippen molar-refractivity contribution in [2.75, 3.05) is 22.6 Å². The largest absolute Gasteiger partial charge is 0.383 e. The number of ketones is 1. The van der Waals surface area contributed by atoms with Crippen LogP contribution in [0.2, 0.25) is 20.1 Å². The number of carbonyl (C=O) groups excluding carboxylic acids is 1. The van der Waals surface area contributed by atoms with Crippen molar-refractivity contribution < 1.29 is 13.6 Å². The number of benzene rings is 6. The van der Waals surface area contributed by atoms with Gasteiger partial charge in [0, 0.05) is 80.2 Å². The second-order valence-corrected chi connectivity index (χ2v) is 27.5. The zero-order valence-corrected chi connectivity index (χ0v) is 56.6. The topological polar surface area (TPSA) is 41.1 Å². The summed E-state index contributed by atoms with van der Waals surface area (Å²) in [5.41, 5.74) is 9.09. The fourth-order valence-electron chi connectivity index (χ4n) is 8.51. The molecule has 3 nitrogen and oxygen atoms in total. The van der Waals surface area contributed by atoms with Crippen LogP contribution >= 0.6 is 81.7 Å². The van der Waals surface area contributed by atoms with E-state index in [1.807, 2.05) is 106 Å². The average molecular weight is 1230 g/mol. The Labute approximate surface area is 516 Å². The Bertz CT molecular complexity index is 2670. The maximum absolute atomic E-state index is 13.5. The van der Waals surface area contributed by atoms with Crippen molar-refractivity contribution in [3.8, 4) is 0 Å². The molecule has 1 fully saturated rings. The van der Waals surface area contributed by atoms with Crippen LogP contribution in [0.1, 0.15) is 217 Å². The number of thioether (sulfide) groups is 3. The van der Waals surface area contributed by atoms with E-state index in [0.29, 0.717) is 41.0 Å². The fourth-order valence-corrected chi connectivity index (χ4v) is 13.1. The summed E-state index contributed by atoms with van der Waals surface area (Å²) in [4.78, 5) is 15.0. The van der Waals surface area contributed by atoms with Gasteiger partial charge in [-0.3, -0.25) is 4.79 Å². The van der Waals surface area contributed by atoms with E-state index in [9.17, 15) is 13.6 Å². The monoisotopic (exact) mass is 1230 g/mol. The van der Waals surface area contributed by atoms with Crippen molar-refractivity contribution in [1.82, 2.24) is 0 Å². The zero-order chi connectivity index (χ0) is 60.6. The van der Waals surface area contributed by atoms with Gasteiger partial charge in [0.25, 0.3) is 0 Å². The van der Waals surface area contributed by atoms with E-state index in [1.54, 1.807) is 43.0 Å². The first-order chi connectivity index (χ1) is 37.6. The summed E-state index contributed by atoms with van der Waals surface area (Å²) >= 11 is 29.9. The van der Waals surface area contributed by atoms with Crippen LogP contribution in [0.3, 0.4) is 0 Å². The van der Waals surface area contributed by atoms with Crippen LogP contribution in [-0.2, 0) is 0 Å². The molecule has 80 heavy (non-hydrogen) atoms. The molecule has 0 aliphatic heterocycles. The molecule has 12 heteroatoms. The Balaban J connectivity index is 0.000000328. The number of hydrogen-bond acceptors (Lipinski definition) is 6. The number of carbonyl (C=O) groups is 1. The zero-order valence-electron chi connectivity index (χ0n) is 51.1. The van der Waals surface area contributed by atoms with Gasteiger partial charge in [0.05, 0.1) is 0 Å². The highest BCUT2D eigenvalue weighted by Crippen LogP contribution is 2.38. The minimum absolute atomic E-state index is 0.0820. The molecule has 6 aromatic rings. The Morgan fingerprint density at radius 2 is 0.938 bits per heavy atom. The second kappa shape index (κ2) is 37.1. The third-order valence-corrected chi connectivity index (χ3v) is 16.5. The molecular formula is C68H92Cl4F2N2OS3. The van der Waals surface area contributed by atoms with Crippen LogP contribution in [0.15, 0.2) is 124 Å². The van der Waals surface area contributed by atoms with Gasteiger partial charge in [-0.15, -0.1) is 35.3 Å². The summed E-state index contributed by atoms with van der Waals surface area (Å²) < 4.78 is 27.0. The van der Waals surface area contributed by atoms with Gasteiger partial charge in [0.15, 0.2) is 5.78 Å². The summed E-state index contributed by atoms with van der Waals surface area (Å²) in [5, 5.41) is 10.6. The van der Waals surface area contributed by atoms with Gasteiger partial charge in [-0.25, -0.2) is 8.78 Å². The molecule has 1 aliphatic rings. The number of anilines is 2. The third kappa shape index (κ3) is 24.9. The number of hydrogen-bond donors (Lipinski definition) is 2. The van der Waals surface area contributed by atoms with Gasteiger partial charge in [-0.1, -0.05) is 181 Å². The highest BCUT2D eigenvalue weighted by atomic mass is 35.5. The van der Waals surface area contributed by atoms with Gasteiger partial charge in [0.1, 0.15) is 11.6 Å². The maximum atomic E-state index is 13.5. The molecule has 7 rings (SSSR count). The Morgan fingerprint density at radius 3 is 1.32 bits per heavy atom. The van der Waals surface area contributed by atoms with Crippen LogP contribution in [0.5, 0.6) is 0 Å². The van der Waals surface area contributed by atoms with Gasteiger partial charge < -0.3 is 10.6 Å². The van der Waals surface area contributed by atoms with Crippen LogP contribution in [0.25, 0.3) is 0 Å². The van der Waals surface area contributed by atoms with Crippen LogP contribution in [0.4, 0.5) is 20.2 Å². The van der Waals surface area contributed by atoms with Gasteiger partial charge in [-0.2, -0.15) is 0 Å². The molecule has 0 saturated heterocycles. The van der Waals surface area contributed by atoms with E-state index in [-0.39, 0.29) is 29.3 Å². The Morgan fingerprint density at radius 1 is 0.525 bits per heavy atom. The second-order valence-electron chi connectivity index (χ2n) is 22.1. The van der Waals surface area contributed by atoms with E-state index < -0.39 is 0 Å². The van der Waals surface area contributed by atoms with Gasteiger partial charge in [-0.05, 0) is 182 Å². The molecular weight excluding hydrogens is 1140 g/mol. The Kier molecular flexibility index (Phi) is 33.7. The molecule has 0 atom stereocenters. The molecule has 0 bridgehead atoms. The first kappa shape index (κ1) is 72.8. The third-order valence-electron chi connectivity index (χ3n) is 12.3. The molecule has 2 N–H and O–H groups in total. The summed E-state index contributed by atoms with van der Waals surface area (Å²) in [6, 6.07) is 35.1. The maximum Gasteiger partial charge on any atom is 0.159 e. The molecule has 1 saturated carbocycles. The summed E-state index contributed by atoms with van der Waals surface area (Å²) in [7, 11) is 0. The lowest BCUT2D eigenvalue weighted by atomic mass is 9.99. The Hall–Kier alpha value is -3.34. The molecule has 0 heterocycles. The van der Waals surface area contributed by atoms with E-state index in [4.69, 9.17) is 46.4 Å². The van der Waals surface area contributed by atoms with E-state index >= 15 is 0 Å². The minimum atomic E-state index is -0.120. The molecule has 0 radical (unpaired) electrons. The predicted octanol–water partition coefficient (Wildman–Crippen LogP) is 24.7. The number of nitrogens with one attached hydrogen (secondary N) is 2. The molecule has 0 spiro atoms. The fraction of sp³-hybridized carbons (Fsp3) is 0.456. The lowest BCUT2D eigenvalue weighted by Crippen LogP contribution is -2.12. The first-order valence-corrected chi connectivity index (χ1v) is 32.8. The van der Waals surface area contributed by atoms with Crippen molar-refractivity contribution in [1.29, 1.82) is 0 Å². The van der Waals surface area contributed by atoms with Gasteiger partial charge >= 0.3 is 0 Å². The predicted molar refractivity (Wildman–Crippen MR) is 358 cm³/mol. The van der Waals surface area contributed by atoms with E-state index in [2.05, 4.69) is 125 Å². The highest BCUT2D eigenvalue weighted by Gasteiger charge is 2.23. The van der Waals surface area contributed by atoms with Crippen molar-refractivity contribution >= 4 is 98.8 Å². The van der Waals surface area contributed by atoms with Crippen LogP contribution in [0, 0.1) is 11.6 Å². The molecule has 0 unspecified atom stereocenters. The van der Waals surface area contributed by atoms with Crippen molar-refractivity contribution in [3.63, 3.8) is 0 Å². The van der Waals surface area contributed by atoms with E-state index in [0.717, 1.165) is 59.5 Å².